The van der Waals surface area contributed by atoms with E-state index in [0.29, 0.717) is 0 Å². The fraction of sp³-hybridized carbons (Fsp3) is 0.143. The van der Waals surface area contributed by atoms with Crippen molar-refractivity contribution in [2.24, 2.45) is 0 Å². The minimum absolute atomic E-state index is 0. The molecule has 1 aromatic rings. The second-order valence-electron chi connectivity index (χ2n) is 1.08. The molecule has 0 bridgehead atoms. The van der Waals surface area contributed by atoms with Gasteiger partial charge in [0.15, 0.2) is 0 Å². The topological polar surface area (TPSA) is 0 Å². The van der Waals surface area contributed by atoms with E-state index in [1.807, 2.05) is 36.2 Å². The van der Waals surface area contributed by atoms with Crippen LogP contribution in [0.3, 0.4) is 0 Å². The van der Waals surface area contributed by atoms with E-state index in [9.17, 15) is 0 Å². The van der Waals surface area contributed by atoms with Crippen LogP contribution >= 0.6 is 15.9 Å². The summed E-state index contributed by atoms with van der Waals surface area (Å²) in [5.74, 6) is 1.81. The van der Waals surface area contributed by atoms with Crippen LogP contribution in [0.25, 0.3) is 0 Å². The van der Waals surface area contributed by atoms with Crippen molar-refractivity contribution in [3.05, 3.63) is 36.4 Å². The average molecular weight is 206 g/mol. The maximum atomic E-state index is 2.94. The van der Waals surface area contributed by atoms with Crippen LogP contribution in [0, 0.1) is 6.07 Å². The van der Waals surface area contributed by atoms with E-state index in [4.69, 9.17) is 0 Å². The van der Waals surface area contributed by atoms with Gasteiger partial charge in [-0.3, -0.25) is 0 Å². The molecule has 49 valence electrons. The summed E-state index contributed by atoms with van der Waals surface area (Å²) in [7, 11) is 0. The van der Waals surface area contributed by atoms with Gasteiger partial charge in [-0.25, -0.2) is 0 Å². The third kappa shape index (κ3) is 11.8. The molecule has 0 heterocycles. The second kappa shape index (κ2) is 16.6. The molecule has 1 aromatic carbocycles. The molecule has 0 N–H and O–H groups in total. The van der Waals surface area contributed by atoms with Gasteiger partial charge in [0.2, 0.25) is 0 Å². The Morgan fingerprint density at radius 1 is 1.00 bits per heavy atom. The molecule has 0 saturated carbocycles. The molecule has 0 aliphatic carbocycles. The molecule has 0 aliphatic heterocycles. The van der Waals surface area contributed by atoms with Crippen molar-refractivity contribution in [3.63, 3.8) is 0 Å². The molecule has 10 heavy (non-hydrogen) atoms. The zero-order valence-electron chi connectivity index (χ0n) is 4.76. The van der Waals surface area contributed by atoms with Crippen molar-refractivity contribution in [1.82, 2.24) is 0 Å². The molecule has 0 aliphatic rings. The smallest absolute Gasteiger partial charge is 0.0622 e. The van der Waals surface area contributed by atoms with Crippen molar-refractivity contribution in [3.8, 4) is 0 Å². The first-order chi connectivity index (χ1) is 4.00. The van der Waals surface area contributed by atoms with Crippen molar-refractivity contribution in [2.75, 3.05) is 5.83 Å². The molecule has 1 radical (unpaired) electrons. The van der Waals surface area contributed by atoms with Crippen LogP contribution in [0.5, 0.6) is 0 Å². The Hall–Kier alpha value is 1.06. The van der Waals surface area contributed by atoms with E-state index < -0.39 is 0 Å². The Balaban J connectivity index is -0.000000114. The fourth-order valence-electron chi connectivity index (χ4n) is 0.342. The van der Waals surface area contributed by atoms with Gasteiger partial charge in [-0.05, 0) is 11.9 Å². The van der Waals surface area contributed by atoms with E-state index in [-0.39, 0.29) is 41.9 Å². The molecule has 0 unspecified atom stereocenters. The first-order valence-corrected chi connectivity index (χ1v) is 3.87. The summed E-state index contributed by atoms with van der Waals surface area (Å²) in [5, 5.41) is 0. The number of hydrogen-bond donors (Lipinski definition) is 0. The third-order valence-corrected chi connectivity index (χ3v) is 0.607. The number of rotatable bonds is 0. The summed E-state index contributed by atoms with van der Waals surface area (Å²) in [5.41, 5.74) is 0. The quantitative estimate of drug-likeness (QED) is 0.438. The van der Waals surface area contributed by atoms with Gasteiger partial charge < -0.3 is 0 Å². The molecule has 0 atom stereocenters. The largest absolute Gasteiger partial charge is 0.316 e. The average Bonchev–Trinajstić information content (AvgIpc) is 1.96. The zero-order valence-corrected chi connectivity index (χ0v) is 6.35. The minimum Gasteiger partial charge on any atom is -0.0622 e. The number of halogens is 1. The normalized spacial score (nSPS) is 5.40. The summed E-state index contributed by atoms with van der Waals surface area (Å²) in [6.45, 7) is 0. The second-order valence-corrected chi connectivity index (χ2v) is 1.08. The van der Waals surface area contributed by atoms with Crippen molar-refractivity contribution < 1.29 is 0 Å². The maximum Gasteiger partial charge on any atom is 0.316 e. The van der Waals surface area contributed by atoms with Crippen molar-refractivity contribution >= 4 is 57.8 Å². The van der Waals surface area contributed by atoms with Gasteiger partial charge in [0, 0.05) is 0 Å². The first-order valence-electron chi connectivity index (χ1n) is 2.29. The Labute approximate surface area is 99.2 Å². The first kappa shape index (κ1) is 17.2. The molecule has 0 saturated heterocycles. The van der Waals surface area contributed by atoms with Crippen LogP contribution in [0.4, 0.5) is 0 Å². The Morgan fingerprint density at radius 3 is 1.50 bits per heavy atom. The van der Waals surface area contributed by atoms with Crippen LogP contribution in [0.1, 0.15) is 0 Å². The molecule has 0 fully saturated rings. The van der Waals surface area contributed by atoms with Gasteiger partial charge in [0.05, 0.1) is 0 Å². The maximum absolute atomic E-state index is 2.94. The summed E-state index contributed by atoms with van der Waals surface area (Å²) in [6.07, 6.45) is 0. The molecular weight excluding hydrogens is 195 g/mol. The molecular formula is C7H11BrLiMg. The minimum atomic E-state index is 0. The van der Waals surface area contributed by atoms with Crippen molar-refractivity contribution in [2.45, 2.75) is 0 Å². The van der Waals surface area contributed by atoms with Crippen LogP contribution in [0.15, 0.2) is 30.3 Å². The molecule has 0 nitrogen and oxygen atoms in total. The van der Waals surface area contributed by atoms with Gasteiger partial charge in [0.1, 0.15) is 0 Å². The van der Waals surface area contributed by atoms with E-state index >= 15 is 0 Å². The zero-order chi connectivity index (χ0) is 6.24. The van der Waals surface area contributed by atoms with Gasteiger partial charge >= 0.3 is 41.9 Å². The van der Waals surface area contributed by atoms with Gasteiger partial charge in [-0.15, -0.1) is 0 Å². The van der Waals surface area contributed by atoms with Crippen LogP contribution in [-0.4, -0.2) is 47.7 Å². The van der Waals surface area contributed by atoms with E-state index in [2.05, 4.69) is 22.0 Å². The monoisotopic (exact) mass is 205 g/mol. The van der Waals surface area contributed by atoms with Crippen LogP contribution < -0.4 is 0 Å². The Kier molecular flexibility index (Phi) is 28.6. The summed E-state index contributed by atoms with van der Waals surface area (Å²) in [4.78, 5) is 0. The predicted octanol–water partition coefficient (Wildman–Crippen LogP) is 0.933. The van der Waals surface area contributed by atoms with Gasteiger partial charge in [-0.1, -0.05) is 46.3 Å². The SMILES string of the molecule is CBr.[LiH].[MgH2].[c]1ccccc1. The Morgan fingerprint density at radius 2 is 1.40 bits per heavy atom. The van der Waals surface area contributed by atoms with E-state index in [1.54, 1.807) is 0 Å². The van der Waals surface area contributed by atoms with Gasteiger partial charge in [-0.2, -0.15) is 0 Å². The van der Waals surface area contributed by atoms with Crippen molar-refractivity contribution in [1.29, 1.82) is 0 Å². The standard InChI is InChI=1S/C6H5.CH3Br.Li.Mg.3H/c1-2-4-6-5-3-1;1-2;;;;;/h1-5H;1H3;;;;;. The summed E-state index contributed by atoms with van der Waals surface area (Å²) >= 11 is 2.94. The van der Waals surface area contributed by atoms with E-state index in [0.717, 1.165) is 0 Å². The number of benzene rings is 1. The number of hydrogen-bond acceptors (Lipinski definition) is 0. The van der Waals surface area contributed by atoms with Crippen LogP contribution in [-0.2, 0) is 0 Å². The fourth-order valence-corrected chi connectivity index (χ4v) is 0.342. The Bertz CT molecular complexity index is 85.5. The van der Waals surface area contributed by atoms with E-state index in [1.165, 1.54) is 0 Å². The molecule has 1 rings (SSSR count). The van der Waals surface area contributed by atoms with Gasteiger partial charge in [0.25, 0.3) is 0 Å². The molecule has 3 heteroatoms. The molecule has 0 amide bonds. The molecule has 0 aromatic heterocycles. The summed E-state index contributed by atoms with van der Waals surface area (Å²) < 4.78 is 0. The predicted molar refractivity (Wildman–Crippen MR) is 55.8 cm³/mol. The van der Waals surface area contributed by atoms with Crippen LogP contribution in [0.2, 0.25) is 0 Å². The number of alkyl halides is 1. The third-order valence-electron chi connectivity index (χ3n) is 0.607. The summed E-state index contributed by atoms with van der Waals surface area (Å²) in [6, 6.07) is 12.5. The molecule has 0 spiro atoms.